The van der Waals surface area contributed by atoms with Crippen LogP contribution in [0.25, 0.3) is 0 Å². The Bertz CT molecular complexity index is 132. The number of rotatable bonds is 1. The van der Waals surface area contributed by atoms with Crippen LogP contribution < -0.4 is 0 Å². The van der Waals surface area contributed by atoms with E-state index in [2.05, 4.69) is 4.90 Å². The smallest absolute Gasteiger partial charge is 0.0695 e. The van der Waals surface area contributed by atoms with E-state index in [1.807, 2.05) is 0 Å². The summed E-state index contributed by atoms with van der Waals surface area (Å²) < 4.78 is 0. The van der Waals surface area contributed by atoms with Crippen LogP contribution in [0.1, 0.15) is 32.1 Å². The van der Waals surface area contributed by atoms with Crippen molar-refractivity contribution in [3.8, 4) is 0 Å². The van der Waals surface area contributed by atoms with Crippen LogP contribution >= 0.6 is 0 Å². The molecule has 11 heavy (non-hydrogen) atoms. The van der Waals surface area contributed by atoms with E-state index in [0.717, 1.165) is 6.42 Å². The van der Waals surface area contributed by atoms with Crippen molar-refractivity contribution in [1.82, 2.24) is 4.90 Å². The van der Waals surface area contributed by atoms with Gasteiger partial charge in [0.15, 0.2) is 0 Å². The molecule has 0 aromatic carbocycles. The molecular weight excluding hydrogens is 138 g/mol. The van der Waals surface area contributed by atoms with E-state index in [-0.39, 0.29) is 6.10 Å². The second kappa shape index (κ2) is 3.11. The molecule has 2 rings (SSSR count). The highest BCUT2D eigenvalue weighted by molar-refractivity contribution is 4.86. The molecule has 2 heteroatoms. The average molecular weight is 155 g/mol. The maximum absolute atomic E-state index is 9.61. The molecule has 1 saturated heterocycles. The average Bonchev–Trinajstić information content (AvgIpc) is 2.55. The minimum absolute atomic E-state index is 0.0203. The van der Waals surface area contributed by atoms with Gasteiger partial charge in [-0.15, -0.1) is 0 Å². The van der Waals surface area contributed by atoms with Crippen LogP contribution in [-0.2, 0) is 0 Å². The first-order chi connectivity index (χ1) is 5.38. The minimum Gasteiger partial charge on any atom is -0.391 e. The van der Waals surface area contributed by atoms with Gasteiger partial charge in [0, 0.05) is 6.04 Å². The molecule has 1 aliphatic heterocycles. The molecule has 1 aliphatic carbocycles. The first-order valence-electron chi connectivity index (χ1n) is 4.80. The fourth-order valence-electron chi connectivity index (χ4n) is 2.42. The van der Waals surface area contributed by atoms with E-state index in [1.54, 1.807) is 0 Å². The van der Waals surface area contributed by atoms with Crippen molar-refractivity contribution in [1.29, 1.82) is 0 Å². The van der Waals surface area contributed by atoms with Gasteiger partial charge in [-0.05, 0) is 45.2 Å². The van der Waals surface area contributed by atoms with Crippen LogP contribution in [0.2, 0.25) is 0 Å². The van der Waals surface area contributed by atoms with E-state index in [4.69, 9.17) is 0 Å². The predicted molar refractivity (Wildman–Crippen MR) is 44.5 cm³/mol. The third-order valence-electron chi connectivity index (χ3n) is 3.05. The Labute approximate surface area is 68.2 Å². The summed E-state index contributed by atoms with van der Waals surface area (Å²) >= 11 is 0. The van der Waals surface area contributed by atoms with Gasteiger partial charge in [0.05, 0.1) is 6.10 Å². The highest BCUT2D eigenvalue weighted by Gasteiger charge is 2.31. The summed E-state index contributed by atoms with van der Waals surface area (Å²) in [6, 6.07) is 0.512. The number of aliphatic hydroxyl groups excluding tert-OH is 1. The lowest BCUT2D eigenvalue weighted by atomic mass is 10.2. The lowest BCUT2D eigenvalue weighted by molar-refractivity contribution is 0.0853. The quantitative estimate of drug-likeness (QED) is 0.610. The molecule has 1 N–H and O–H groups in total. The Morgan fingerprint density at radius 3 is 2.27 bits per heavy atom. The highest BCUT2D eigenvalue weighted by Crippen LogP contribution is 2.26. The SMILES string of the molecule is O[C@H]1CCC[C@@H]1N1CCCC1. The first kappa shape index (κ1) is 7.56. The van der Waals surface area contributed by atoms with Crippen molar-refractivity contribution in [3.63, 3.8) is 0 Å². The number of nitrogens with zero attached hydrogens (tertiary/aromatic N) is 1. The van der Waals surface area contributed by atoms with E-state index in [9.17, 15) is 5.11 Å². The summed E-state index contributed by atoms with van der Waals surface area (Å²) in [5.41, 5.74) is 0. The van der Waals surface area contributed by atoms with Crippen LogP contribution in [0.3, 0.4) is 0 Å². The zero-order valence-corrected chi connectivity index (χ0v) is 7.00. The number of hydrogen-bond donors (Lipinski definition) is 1. The monoisotopic (exact) mass is 155 g/mol. The molecule has 2 atom stereocenters. The van der Waals surface area contributed by atoms with E-state index in [0.29, 0.717) is 6.04 Å². The molecule has 1 heterocycles. The molecule has 2 nitrogen and oxygen atoms in total. The molecule has 0 unspecified atom stereocenters. The van der Waals surface area contributed by atoms with Gasteiger partial charge in [-0.1, -0.05) is 0 Å². The van der Waals surface area contributed by atoms with Crippen LogP contribution in [0.15, 0.2) is 0 Å². The second-order valence-electron chi connectivity index (χ2n) is 3.81. The normalized spacial score (nSPS) is 40.1. The third-order valence-corrected chi connectivity index (χ3v) is 3.05. The Kier molecular flexibility index (Phi) is 2.14. The number of aliphatic hydroxyl groups is 1. The summed E-state index contributed by atoms with van der Waals surface area (Å²) in [5.74, 6) is 0. The lowest BCUT2D eigenvalue weighted by Gasteiger charge is -2.25. The van der Waals surface area contributed by atoms with Gasteiger partial charge in [-0.25, -0.2) is 0 Å². The number of likely N-dealkylation sites (tertiary alicyclic amines) is 1. The van der Waals surface area contributed by atoms with Crippen molar-refractivity contribution in [2.75, 3.05) is 13.1 Å². The first-order valence-corrected chi connectivity index (χ1v) is 4.80. The molecule has 0 radical (unpaired) electrons. The largest absolute Gasteiger partial charge is 0.391 e. The second-order valence-corrected chi connectivity index (χ2v) is 3.81. The summed E-state index contributed by atoms with van der Waals surface area (Å²) in [6.07, 6.45) is 6.13. The van der Waals surface area contributed by atoms with E-state index in [1.165, 1.54) is 38.8 Å². The molecule has 2 aliphatic rings. The Balaban J connectivity index is 1.92. The van der Waals surface area contributed by atoms with E-state index >= 15 is 0 Å². The van der Waals surface area contributed by atoms with Crippen molar-refractivity contribution in [2.24, 2.45) is 0 Å². The Hall–Kier alpha value is -0.0800. The summed E-state index contributed by atoms with van der Waals surface area (Å²) in [6.45, 7) is 2.45. The van der Waals surface area contributed by atoms with Crippen LogP contribution in [0.5, 0.6) is 0 Å². The molecule has 0 aromatic heterocycles. The highest BCUT2D eigenvalue weighted by atomic mass is 16.3. The fraction of sp³-hybridized carbons (Fsp3) is 1.00. The number of hydrogen-bond acceptors (Lipinski definition) is 2. The summed E-state index contributed by atoms with van der Waals surface area (Å²) in [4.78, 5) is 2.47. The van der Waals surface area contributed by atoms with Gasteiger partial charge in [0.2, 0.25) is 0 Å². The molecule has 2 fully saturated rings. The zero-order valence-electron chi connectivity index (χ0n) is 7.00. The van der Waals surface area contributed by atoms with Crippen molar-refractivity contribution in [2.45, 2.75) is 44.2 Å². The van der Waals surface area contributed by atoms with Gasteiger partial charge in [-0.2, -0.15) is 0 Å². The van der Waals surface area contributed by atoms with Gasteiger partial charge in [-0.3, -0.25) is 4.90 Å². The van der Waals surface area contributed by atoms with Crippen molar-refractivity contribution >= 4 is 0 Å². The lowest BCUT2D eigenvalue weighted by Crippen LogP contribution is -2.38. The van der Waals surface area contributed by atoms with Gasteiger partial charge < -0.3 is 5.11 Å². The van der Waals surface area contributed by atoms with Crippen LogP contribution in [0.4, 0.5) is 0 Å². The molecular formula is C9H17NO. The maximum atomic E-state index is 9.61. The van der Waals surface area contributed by atoms with Crippen molar-refractivity contribution in [3.05, 3.63) is 0 Å². The summed E-state index contributed by atoms with van der Waals surface area (Å²) in [5, 5.41) is 9.61. The Morgan fingerprint density at radius 2 is 1.73 bits per heavy atom. The van der Waals surface area contributed by atoms with Gasteiger partial charge >= 0.3 is 0 Å². The third kappa shape index (κ3) is 1.42. The standard InChI is InChI=1S/C9H17NO/c11-9-5-3-4-8(9)10-6-1-2-7-10/h8-9,11H,1-7H2/t8-,9-/m0/s1. The van der Waals surface area contributed by atoms with Gasteiger partial charge in [0.1, 0.15) is 0 Å². The molecule has 1 saturated carbocycles. The molecule has 64 valence electrons. The predicted octanol–water partition coefficient (Wildman–Crippen LogP) is 0.996. The molecule has 0 aromatic rings. The maximum Gasteiger partial charge on any atom is 0.0695 e. The minimum atomic E-state index is -0.0203. The summed E-state index contributed by atoms with van der Waals surface area (Å²) in [7, 11) is 0. The fourth-order valence-corrected chi connectivity index (χ4v) is 2.42. The molecule has 0 amide bonds. The molecule has 0 spiro atoms. The van der Waals surface area contributed by atoms with E-state index < -0.39 is 0 Å². The molecule has 0 bridgehead atoms. The Morgan fingerprint density at radius 1 is 1.00 bits per heavy atom. The van der Waals surface area contributed by atoms with Crippen LogP contribution in [0, 0.1) is 0 Å². The zero-order chi connectivity index (χ0) is 7.68. The van der Waals surface area contributed by atoms with Gasteiger partial charge in [0.25, 0.3) is 0 Å². The topological polar surface area (TPSA) is 23.5 Å². The van der Waals surface area contributed by atoms with Crippen molar-refractivity contribution < 1.29 is 5.11 Å². The van der Waals surface area contributed by atoms with Crippen LogP contribution in [-0.4, -0.2) is 35.2 Å².